The minimum absolute atomic E-state index is 0.151. The van der Waals surface area contributed by atoms with Gasteiger partial charge in [0.2, 0.25) is 10.0 Å². The lowest BCUT2D eigenvalue weighted by atomic mass is 10.1. The van der Waals surface area contributed by atoms with Gasteiger partial charge in [-0.25, -0.2) is 8.42 Å². The van der Waals surface area contributed by atoms with E-state index in [4.69, 9.17) is 0 Å². The number of sulfonamides is 1. The number of rotatable bonds is 7. The van der Waals surface area contributed by atoms with Crippen molar-refractivity contribution in [2.75, 3.05) is 13.6 Å². The van der Waals surface area contributed by atoms with Crippen LogP contribution >= 0.6 is 0 Å². The first-order valence-corrected chi connectivity index (χ1v) is 9.25. The molecule has 1 unspecified atom stereocenters. The van der Waals surface area contributed by atoms with Gasteiger partial charge in [0.05, 0.1) is 4.90 Å². The van der Waals surface area contributed by atoms with Gasteiger partial charge in [-0.3, -0.25) is 0 Å². The van der Waals surface area contributed by atoms with Crippen LogP contribution < -0.4 is 5.32 Å². The van der Waals surface area contributed by atoms with E-state index < -0.39 is 10.0 Å². The van der Waals surface area contributed by atoms with Gasteiger partial charge in [0, 0.05) is 18.6 Å². The van der Waals surface area contributed by atoms with Crippen LogP contribution in [-0.2, 0) is 10.0 Å². The van der Waals surface area contributed by atoms with Crippen molar-refractivity contribution in [3.05, 3.63) is 29.8 Å². The molecule has 0 heterocycles. The van der Waals surface area contributed by atoms with Crippen LogP contribution in [0.5, 0.6) is 0 Å². The van der Waals surface area contributed by atoms with Crippen molar-refractivity contribution in [1.82, 2.24) is 9.62 Å². The summed E-state index contributed by atoms with van der Waals surface area (Å²) in [6.45, 7) is 2.74. The summed E-state index contributed by atoms with van der Waals surface area (Å²) in [5, 5.41) is 3.16. The maximum Gasteiger partial charge on any atom is 0.243 e. The van der Waals surface area contributed by atoms with Crippen molar-refractivity contribution in [3.63, 3.8) is 0 Å². The summed E-state index contributed by atoms with van der Waals surface area (Å²) in [6, 6.07) is 7.75. The van der Waals surface area contributed by atoms with Crippen molar-refractivity contribution in [2.45, 2.75) is 49.6 Å². The first-order valence-electron chi connectivity index (χ1n) is 7.81. The fourth-order valence-electron chi connectivity index (χ4n) is 2.61. The average molecular weight is 308 g/mol. The quantitative estimate of drug-likeness (QED) is 0.842. The van der Waals surface area contributed by atoms with Crippen molar-refractivity contribution in [3.8, 4) is 0 Å². The van der Waals surface area contributed by atoms with Gasteiger partial charge in [-0.1, -0.05) is 12.1 Å². The largest absolute Gasteiger partial charge is 0.313 e. The molecule has 1 aromatic rings. The SMILES string of the molecule is CNC(C)c1cccc(S(=O)(=O)N(CC2CC2)C2CC2)c1. The molecular formula is C16H24N2O2S. The molecule has 0 aliphatic heterocycles. The van der Waals surface area contributed by atoms with E-state index in [0.717, 1.165) is 18.4 Å². The minimum Gasteiger partial charge on any atom is -0.313 e. The average Bonchev–Trinajstić information content (AvgIpc) is 3.37. The van der Waals surface area contributed by atoms with Gasteiger partial charge in [0.25, 0.3) is 0 Å². The Kier molecular flexibility index (Phi) is 4.08. The van der Waals surface area contributed by atoms with Gasteiger partial charge in [0.15, 0.2) is 0 Å². The van der Waals surface area contributed by atoms with E-state index in [1.165, 1.54) is 12.8 Å². The smallest absolute Gasteiger partial charge is 0.243 e. The van der Waals surface area contributed by atoms with E-state index in [0.29, 0.717) is 17.4 Å². The lowest BCUT2D eigenvalue weighted by molar-refractivity contribution is 0.388. The predicted molar refractivity (Wildman–Crippen MR) is 83.6 cm³/mol. The zero-order valence-corrected chi connectivity index (χ0v) is 13.6. The zero-order chi connectivity index (χ0) is 15.0. The Morgan fingerprint density at radius 2 is 2.00 bits per heavy atom. The molecule has 2 saturated carbocycles. The lowest BCUT2D eigenvalue weighted by Gasteiger charge is -2.22. The Morgan fingerprint density at radius 1 is 1.29 bits per heavy atom. The summed E-state index contributed by atoms with van der Waals surface area (Å²) in [6.07, 6.45) is 4.38. The molecule has 21 heavy (non-hydrogen) atoms. The number of nitrogens with one attached hydrogen (secondary N) is 1. The third kappa shape index (κ3) is 3.30. The number of hydrogen-bond donors (Lipinski definition) is 1. The van der Waals surface area contributed by atoms with Gasteiger partial charge in [-0.15, -0.1) is 0 Å². The maximum atomic E-state index is 12.9. The van der Waals surface area contributed by atoms with E-state index in [1.807, 2.05) is 32.2 Å². The molecule has 0 bridgehead atoms. The van der Waals surface area contributed by atoms with E-state index in [2.05, 4.69) is 5.32 Å². The van der Waals surface area contributed by atoms with E-state index in [1.54, 1.807) is 10.4 Å². The van der Waals surface area contributed by atoms with Crippen molar-refractivity contribution >= 4 is 10.0 Å². The second-order valence-electron chi connectivity index (χ2n) is 6.33. The van der Waals surface area contributed by atoms with Crippen LogP contribution in [0.4, 0.5) is 0 Å². The Labute approximate surface area is 127 Å². The van der Waals surface area contributed by atoms with Gasteiger partial charge in [0.1, 0.15) is 0 Å². The molecule has 2 aliphatic carbocycles. The van der Waals surface area contributed by atoms with Gasteiger partial charge in [-0.05, 0) is 63.3 Å². The molecule has 1 atom stereocenters. The molecule has 0 radical (unpaired) electrons. The molecule has 4 nitrogen and oxygen atoms in total. The highest BCUT2D eigenvalue weighted by Crippen LogP contribution is 2.38. The molecule has 0 amide bonds. The summed E-state index contributed by atoms with van der Waals surface area (Å²) in [5.41, 5.74) is 1.01. The highest BCUT2D eigenvalue weighted by atomic mass is 32.2. The molecule has 0 aromatic heterocycles. The van der Waals surface area contributed by atoms with Crippen LogP contribution in [-0.4, -0.2) is 32.4 Å². The fourth-order valence-corrected chi connectivity index (χ4v) is 4.42. The third-order valence-electron chi connectivity index (χ3n) is 4.49. The van der Waals surface area contributed by atoms with E-state index >= 15 is 0 Å². The van der Waals surface area contributed by atoms with Crippen LogP contribution in [0.1, 0.15) is 44.2 Å². The molecular weight excluding hydrogens is 284 g/mol. The maximum absolute atomic E-state index is 12.9. The second kappa shape index (κ2) is 5.71. The topological polar surface area (TPSA) is 49.4 Å². The first-order chi connectivity index (χ1) is 10.0. The fraction of sp³-hybridized carbons (Fsp3) is 0.625. The highest BCUT2D eigenvalue weighted by molar-refractivity contribution is 7.89. The normalized spacial score (nSPS) is 20.7. The molecule has 1 N–H and O–H groups in total. The van der Waals surface area contributed by atoms with Crippen molar-refractivity contribution in [2.24, 2.45) is 5.92 Å². The van der Waals surface area contributed by atoms with Crippen LogP contribution in [0.3, 0.4) is 0 Å². The van der Waals surface area contributed by atoms with Gasteiger partial charge < -0.3 is 5.32 Å². The van der Waals surface area contributed by atoms with Gasteiger partial charge >= 0.3 is 0 Å². The predicted octanol–water partition coefficient (Wildman–Crippen LogP) is 2.53. The van der Waals surface area contributed by atoms with E-state index in [9.17, 15) is 8.42 Å². The Balaban J connectivity index is 1.88. The second-order valence-corrected chi connectivity index (χ2v) is 8.22. The van der Waals surface area contributed by atoms with Crippen LogP contribution in [0.2, 0.25) is 0 Å². The van der Waals surface area contributed by atoms with Crippen molar-refractivity contribution < 1.29 is 8.42 Å². The summed E-state index contributed by atoms with van der Waals surface area (Å²) in [5.74, 6) is 0.583. The Bertz CT molecular complexity index is 606. The summed E-state index contributed by atoms with van der Waals surface area (Å²) >= 11 is 0. The first kappa shape index (κ1) is 15.0. The lowest BCUT2D eigenvalue weighted by Crippen LogP contribution is -2.35. The van der Waals surface area contributed by atoms with Crippen LogP contribution in [0.15, 0.2) is 29.2 Å². The Morgan fingerprint density at radius 3 is 2.57 bits per heavy atom. The molecule has 116 valence electrons. The summed E-state index contributed by atoms with van der Waals surface area (Å²) < 4.78 is 27.6. The monoisotopic (exact) mass is 308 g/mol. The summed E-state index contributed by atoms with van der Waals surface area (Å²) in [7, 11) is -1.47. The number of benzene rings is 1. The molecule has 0 saturated heterocycles. The molecule has 2 fully saturated rings. The Hall–Kier alpha value is -0.910. The molecule has 1 aromatic carbocycles. The molecule has 5 heteroatoms. The summed E-state index contributed by atoms with van der Waals surface area (Å²) in [4.78, 5) is 0.439. The van der Waals surface area contributed by atoms with Crippen molar-refractivity contribution in [1.29, 1.82) is 0 Å². The molecule has 0 spiro atoms. The zero-order valence-electron chi connectivity index (χ0n) is 12.7. The molecule has 2 aliphatic rings. The van der Waals surface area contributed by atoms with Gasteiger partial charge in [-0.2, -0.15) is 4.31 Å². The highest BCUT2D eigenvalue weighted by Gasteiger charge is 2.41. The number of hydrogen-bond acceptors (Lipinski definition) is 3. The van der Waals surface area contributed by atoms with Crippen LogP contribution in [0, 0.1) is 5.92 Å². The molecule has 3 rings (SSSR count). The third-order valence-corrected chi connectivity index (χ3v) is 6.40. The standard InChI is InChI=1S/C16H24N2O2S/c1-12(17-2)14-4-3-5-16(10-14)21(19,20)18(15-8-9-15)11-13-6-7-13/h3-5,10,12-13,15,17H,6-9,11H2,1-2H3. The van der Waals surface area contributed by atoms with Crippen LogP contribution in [0.25, 0.3) is 0 Å². The minimum atomic E-state index is -3.35. The number of nitrogens with zero attached hydrogens (tertiary/aromatic N) is 1. The van der Waals surface area contributed by atoms with E-state index in [-0.39, 0.29) is 12.1 Å².